The van der Waals surface area contributed by atoms with Crippen molar-refractivity contribution in [1.29, 1.82) is 0 Å². The summed E-state index contributed by atoms with van der Waals surface area (Å²) in [5, 5.41) is 0. The molecule has 1 spiro atoms. The Morgan fingerprint density at radius 1 is 1.33 bits per heavy atom. The van der Waals surface area contributed by atoms with Crippen molar-refractivity contribution in [1.82, 2.24) is 0 Å². The molecule has 2 unspecified atom stereocenters. The van der Waals surface area contributed by atoms with E-state index in [-0.39, 0.29) is 0 Å². The number of allylic oxidation sites excluding steroid dienone is 1. The first-order valence-corrected chi connectivity index (χ1v) is 6.76. The molecule has 15 heavy (non-hydrogen) atoms. The molecule has 0 aromatic rings. The summed E-state index contributed by atoms with van der Waals surface area (Å²) in [6.45, 7) is 11.7. The Hall–Kier alpha value is -0.260. The smallest absolute Gasteiger partial charge is 0.0107 e. The molecule has 3 aliphatic rings. The van der Waals surface area contributed by atoms with Crippen molar-refractivity contribution in [2.45, 2.75) is 46.5 Å². The van der Waals surface area contributed by atoms with Gasteiger partial charge in [-0.3, -0.25) is 0 Å². The third-order valence-corrected chi connectivity index (χ3v) is 5.94. The largest absolute Gasteiger partial charge is 0.0995 e. The minimum atomic E-state index is 0.740. The molecule has 0 aliphatic heterocycles. The minimum Gasteiger partial charge on any atom is -0.0995 e. The zero-order chi connectivity index (χ0) is 10.8. The summed E-state index contributed by atoms with van der Waals surface area (Å²) in [5.74, 6) is 4.83. The molecule has 0 heterocycles. The maximum Gasteiger partial charge on any atom is -0.0107 e. The molecule has 0 saturated heterocycles. The summed E-state index contributed by atoms with van der Waals surface area (Å²) in [5.41, 5.74) is 2.34. The van der Waals surface area contributed by atoms with Gasteiger partial charge in [0, 0.05) is 0 Å². The Morgan fingerprint density at radius 3 is 2.73 bits per heavy atom. The third kappa shape index (κ3) is 1.04. The fraction of sp³-hybridized carbons (Fsp3) is 0.867. The van der Waals surface area contributed by atoms with Crippen molar-refractivity contribution >= 4 is 0 Å². The molecule has 3 rings (SSSR count). The van der Waals surface area contributed by atoms with Crippen molar-refractivity contribution in [3.05, 3.63) is 12.2 Å². The van der Waals surface area contributed by atoms with E-state index in [0.29, 0.717) is 0 Å². The van der Waals surface area contributed by atoms with Gasteiger partial charge in [0.25, 0.3) is 0 Å². The van der Waals surface area contributed by atoms with Crippen LogP contribution in [0.3, 0.4) is 0 Å². The first kappa shape index (κ1) is 9.93. The van der Waals surface area contributed by atoms with Gasteiger partial charge in [-0.15, -0.1) is 0 Å². The monoisotopic (exact) mass is 204 g/mol. The van der Waals surface area contributed by atoms with E-state index < -0.39 is 0 Å². The molecule has 3 aliphatic carbocycles. The Kier molecular flexibility index (Phi) is 1.92. The minimum absolute atomic E-state index is 0.740. The molecule has 0 heteroatoms. The van der Waals surface area contributed by atoms with Crippen molar-refractivity contribution in [2.75, 3.05) is 0 Å². The highest BCUT2D eigenvalue weighted by Gasteiger charge is 2.73. The SMILES string of the molecule is C=C1CCC23C1[C@H]2[C@H](C(C)C)CC[C@H]3C. The zero-order valence-electron chi connectivity index (χ0n) is 10.4. The molecular weight excluding hydrogens is 180 g/mol. The fourth-order valence-electron chi connectivity index (χ4n) is 5.14. The van der Waals surface area contributed by atoms with Gasteiger partial charge in [0.05, 0.1) is 0 Å². The maximum absolute atomic E-state index is 4.32. The zero-order valence-corrected chi connectivity index (χ0v) is 10.4. The fourth-order valence-corrected chi connectivity index (χ4v) is 5.14. The highest BCUT2D eigenvalue weighted by molar-refractivity contribution is 5.33. The summed E-state index contributed by atoms with van der Waals surface area (Å²) >= 11 is 0. The molecule has 0 radical (unpaired) electrons. The predicted molar refractivity (Wildman–Crippen MR) is 64.5 cm³/mol. The topological polar surface area (TPSA) is 0 Å². The summed E-state index contributed by atoms with van der Waals surface area (Å²) in [6.07, 6.45) is 5.75. The summed E-state index contributed by atoms with van der Waals surface area (Å²) in [6, 6.07) is 0. The summed E-state index contributed by atoms with van der Waals surface area (Å²) in [7, 11) is 0. The Bertz CT molecular complexity index is 301. The van der Waals surface area contributed by atoms with Gasteiger partial charge in [-0.1, -0.05) is 32.9 Å². The first-order valence-electron chi connectivity index (χ1n) is 6.76. The van der Waals surface area contributed by atoms with Crippen LogP contribution < -0.4 is 0 Å². The van der Waals surface area contributed by atoms with Gasteiger partial charge in [0.1, 0.15) is 0 Å². The van der Waals surface area contributed by atoms with Gasteiger partial charge >= 0.3 is 0 Å². The van der Waals surface area contributed by atoms with Crippen LogP contribution in [0.4, 0.5) is 0 Å². The van der Waals surface area contributed by atoms with E-state index >= 15 is 0 Å². The molecule has 0 N–H and O–H groups in total. The second-order valence-corrected chi connectivity index (χ2v) is 6.66. The van der Waals surface area contributed by atoms with Crippen LogP contribution in [0.5, 0.6) is 0 Å². The number of hydrogen-bond donors (Lipinski definition) is 0. The lowest BCUT2D eigenvalue weighted by Gasteiger charge is -2.35. The highest BCUT2D eigenvalue weighted by Crippen LogP contribution is 2.79. The van der Waals surface area contributed by atoms with Gasteiger partial charge in [-0.05, 0) is 60.7 Å². The lowest BCUT2D eigenvalue weighted by Crippen LogP contribution is -2.27. The van der Waals surface area contributed by atoms with Crippen molar-refractivity contribution < 1.29 is 0 Å². The third-order valence-electron chi connectivity index (χ3n) is 5.94. The van der Waals surface area contributed by atoms with Crippen LogP contribution in [-0.2, 0) is 0 Å². The van der Waals surface area contributed by atoms with Gasteiger partial charge in [-0.25, -0.2) is 0 Å². The second kappa shape index (κ2) is 2.90. The van der Waals surface area contributed by atoms with E-state index in [1.165, 1.54) is 25.7 Å². The van der Waals surface area contributed by atoms with Crippen LogP contribution >= 0.6 is 0 Å². The average molecular weight is 204 g/mol. The average Bonchev–Trinajstić information content (AvgIpc) is 2.75. The molecule has 0 aromatic heterocycles. The summed E-state index contributed by atoms with van der Waals surface area (Å²) < 4.78 is 0. The van der Waals surface area contributed by atoms with E-state index in [9.17, 15) is 0 Å². The molecule has 84 valence electrons. The number of hydrogen-bond acceptors (Lipinski definition) is 0. The van der Waals surface area contributed by atoms with Crippen molar-refractivity contribution in [3.63, 3.8) is 0 Å². The van der Waals surface area contributed by atoms with Crippen LogP contribution in [0, 0.1) is 35.0 Å². The molecule has 0 amide bonds. The predicted octanol–water partition coefficient (Wildman–Crippen LogP) is 4.27. The van der Waals surface area contributed by atoms with E-state index in [1.54, 1.807) is 5.57 Å². The highest BCUT2D eigenvalue weighted by atomic mass is 14.8. The number of fused-ring (bicyclic) bond motifs is 1. The maximum atomic E-state index is 4.32. The van der Waals surface area contributed by atoms with E-state index in [2.05, 4.69) is 27.4 Å². The van der Waals surface area contributed by atoms with Crippen LogP contribution in [0.25, 0.3) is 0 Å². The van der Waals surface area contributed by atoms with Crippen molar-refractivity contribution in [2.24, 2.45) is 35.0 Å². The van der Waals surface area contributed by atoms with Crippen LogP contribution in [-0.4, -0.2) is 0 Å². The molecule has 0 bridgehead atoms. The lowest BCUT2D eigenvalue weighted by molar-refractivity contribution is 0.142. The standard InChI is InChI=1S/C15H24/c1-9(2)12-6-5-11(4)15-8-7-10(3)13(15)14(12)15/h9,11-14H,3,5-8H2,1-2,4H3/t11-,12+,13?,14-,15?/m1/s1. The lowest BCUT2D eigenvalue weighted by atomic mass is 9.70. The van der Waals surface area contributed by atoms with Gasteiger partial charge < -0.3 is 0 Å². The van der Waals surface area contributed by atoms with E-state index in [0.717, 1.165) is 35.0 Å². The van der Waals surface area contributed by atoms with Crippen LogP contribution in [0.15, 0.2) is 12.2 Å². The Balaban J connectivity index is 1.91. The summed E-state index contributed by atoms with van der Waals surface area (Å²) in [4.78, 5) is 0. The first-order chi connectivity index (χ1) is 7.09. The second-order valence-electron chi connectivity index (χ2n) is 6.66. The molecular formula is C15H24. The quantitative estimate of drug-likeness (QED) is 0.559. The molecule has 5 atom stereocenters. The Morgan fingerprint density at radius 2 is 2.07 bits per heavy atom. The normalized spacial score (nSPS) is 52.9. The van der Waals surface area contributed by atoms with Gasteiger partial charge in [0.2, 0.25) is 0 Å². The Labute approximate surface area is 94.1 Å². The van der Waals surface area contributed by atoms with Gasteiger partial charge in [-0.2, -0.15) is 0 Å². The van der Waals surface area contributed by atoms with E-state index in [4.69, 9.17) is 0 Å². The molecule has 3 fully saturated rings. The number of rotatable bonds is 1. The van der Waals surface area contributed by atoms with Crippen LogP contribution in [0.1, 0.15) is 46.5 Å². The van der Waals surface area contributed by atoms with Crippen molar-refractivity contribution in [3.8, 4) is 0 Å². The van der Waals surface area contributed by atoms with Crippen LogP contribution in [0.2, 0.25) is 0 Å². The molecule has 3 saturated carbocycles. The molecule has 0 nitrogen and oxygen atoms in total. The van der Waals surface area contributed by atoms with Gasteiger partial charge in [0.15, 0.2) is 0 Å². The molecule has 0 aromatic carbocycles. The van der Waals surface area contributed by atoms with E-state index in [1.807, 2.05) is 0 Å².